The quantitative estimate of drug-likeness (QED) is 0.267. The normalized spacial score (nSPS) is 12.2. The van der Waals surface area contributed by atoms with Gasteiger partial charge in [-0.2, -0.15) is 0 Å². The topological polar surface area (TPSA) is 124 Å². The zero-order valence-corrected chi connectivity index (χ0v) is 21.7. The molecule has 0 spiro atoms. The molecule has 0 fully saturated rings. The van der Waals surface area contributed by atoms with Crippen molar-refractivity contribution in [1.82, 2.24) is 29.2 Å². The highest BCUT2D eigenvalue weighted by Crippen LogP contribution is 2.30. The molecule has 188 valence electrons. The van der Waals surface area contributed by atoms with Crippen LogP contribution in [-0.4, -0.2) is 66.9 Å². The fourth-order valence-corrected chi connectivity index (χ4v) is 6.02. The number of imidazole rings is 2. The number of thiazole rings is 1. The second-order valence-corrected chi connectivity index (χ2v) is 10.9. The van der Waals surface area contributed by atoms with Crippen molar-refractivity contribution in [1.29, 1.82) is 0 Å². The maximum absolute atomic E-state index is 12.9. The van der Waals surface area contributed by atoms with Crippen molar-refractivity contribution in [3.8, 4) is 22.9 Å². The van der Waals surface area contributed by atoms with E-state index in [2.05, 4.69) is 19.7 Å². The zero-order valence-electron chi connectivity index (χ0n) is 20.1. The van der Waals surface area contributed by atoms with Crippen molar-refractivity contribution < 1.29 is 17.9 Å². The smallest absolute Gasteiger partial charge is 0.240 e. The van der Waals surface area contributed by atoms with Crippen LogP contribution in [0.15, 0.2) is 46.9 Å². The highest BCUT2D eigenvalue weighted by molar-refractivity contribution is 7.89. The van der Waals surface area contributed by atoms with Gasteiger partial charge in [0.15, 0.2) is 5.82 Å². The van der Waals surface area contributed by atoms with Gasteiger partial charge in [-0.15, -0.1) is 11.3 Å². The summed E-state index contributed by atoms with van der Waals surface area (Å²) in [6, 6.07) is 9.50. The fraction of sp³-hybridized carbons (Fsp3) is 0.292. The number of nitrogens with zero attached hydrogens (tertiary/aromatic N) is 4. The SMILES string of the molecule is COCCNS(=O)(=O)c1cc2nc(-c3cnc(-c4ccc5scnc5c4)[nH]3)n(CCOC)c2cc1C. The largest absolute Gasteiger partial charge is 0.383 e. The number of nitrogens with one attached hydrogen (secondary N) is 2. The van der Waals surface area contributed by atoms with Crippen LogP contribution >= 0.6 is 11.3 Å². The molecule has 0 bridgehead atoms. The summed E-state index contributed by atoms with van der Waals surface area (Å²) in [5.74, 6) is 1.35. The predicted octanol–water partition coefficient (Wildman–Crippen LogP) is 3.58. The molecule has 0 saturated carbocycles. The van der Waals surface area contributed by atoms with Crippen molar-refractivity contribution in [2.24, 2.45) is 0 Å². The molecule has 36 heavy (non-hydrogen) atoms. The number of rotatable bonds is 10. The van der Waals surface area contributed by atoms with Crippen LogP contribution in [0.25, 0.3) is 44.2 Å². The Labute approximate surface area is 212 Å². The molecule has 12 heteroatoms. The van der Waals surface area contributed by atoms with Gasteiger partial charge < -0.3 is 19.0 Å². The van der Waals surface area contributed by atoms with Crippen molar-refractivity contribution in [2.45, 2.75) is 18.4 Å². The average molecular weight is 527 g/mol. The Morgan fingerprint density at radius 3 is 2.72 bits per heavy atom. The van der Waals surface area contributed by atoms with E-state index in [-0.39, 0.29) is 18.0 Å². The Balaban J connectivity index is 1.57. The first-order valence-electron chi connectivity index (χ1n) is 11.3. The standard InChI is InChI=1S/C24H26N6O4S2/c1-15-10-20-17(12-22(15)36(31,32)27-6-8-33-2)29-24(30(20)7-9-34-3)19-13-25-23(28-19)16-4-5-21-18(11-16)26-14-35-21/h4-5,10-14,27H,6-9H2,1-3H3,(H,25,28). The number of ether oxygens (including phenoxy) is 2. The molecule has 0 aliphatic rings. The van der Waals surface area contributed by atoms with Crippen LogP contribution in [0.1, 0.15) is 5.56 Å². The average Bonchev–Trinajstić information content (AvgIpc) is 3.60. The Morgan fingerprint density at radius 1 is 1.08 bits per heavy atom. The number of H-pyrrole nitrogens is 1. The molecule has 2 aromatic carbocycles. The van der Waals surface area contributed by atoms with E-state index >= 15 is 0 Å². The van der Waals surface area contributed by atoms with E-state index in [9.17, 15) is 8.42 Å². The van der Waals surface area contributed by atoms with Gasteiger partial charge in [0.25, 0.3) is 0 Å². The van der Waals surface area contributed by atoms with Crippen LogP contribution in [0.5, 0.6) is 0 Å². The number of benzene rings is 2. The predicted molar refractivity (Wildman–Crippen MR) is 140 cm³/mol. The Hall–Kier alpha value is -3.16. The maximum Gasteiger partial charge on any atom is 0.240 e. The van der Waals surface area contributed by atoms with E-state index in [1.54, 1.807) is 37.6 Å². The number of aromatic amines is 1. The third-order valence-corrected chi connectivity index (χ3v) is 8.29. The van der Waals surface area contributed by atoms with Crippen molar-refractivity contribution in [3.05, 3.63) is 47.6 Å². The molecular formula is C24H26N6O4S2. The van der Waals surface area contributed by atoms with E-state index < -0.39 is 10.0 Å². The lowest BCUT2D eigenvalue weighted by Gasteiger charge is -2.11. The molecule has 10 nitrogen and oxygen atoms in total. The molecule has 0 amide bonds. The molecule has 5 aromatic rings. The van der Waals surface area contributed by atoms with Crippen LogP contribution in [0.4, 0.5) is 0 Å². The molecule has 0 saturated heterocycles. The second-order valence-electron chi connectivity index (χ2n) is 8.26. The van der Waals surface area contributed by atoms with E-state index in [1.807, 2.05) is 34.3 Å². The monoisotopic (exact) mass is 526 g/mol. The summed E-state index contributed by atoms with van der Waals surface area (Å²) in [4.78, 5) is 17.3. The number of hydrogen-bond donors (Lipinski definition) is 2. The summed E-state index contributed by atoms with van der Waals surface area (Å²) in [7, 11) is -0.546. The highest BCUT2D eigenvalue weighted by atomic mass is 32.2. The van der Waals surface area contributed by atoms with Crippen LogP contribution < -0.4 is 4.72 Å². The molecule has 3 aromatic heterocycles. The minimum atomic E-state index is -3.71. The molecule has 5 rings (SSSR count). The summed E-state index contributed by atoms with van der Waals surface area (Å²) < 4.78 is 41.8. The summed E-state index contributed by atoms with van der Waals surface area (Å²) >= 11 is 1.59. The zero-order chi connectivity index (χ0) is 25.3. The first kappa shape index (κ1) is 24.5. The lowest BCUT2D eigenvalue weighted by molar-refractivity contribution is 0.188. The molecule has 0 unspecified atom stereocenters. The maximum atomic E-state index is 12.9. The van der Waals surface area contributed by atoms with Crippen molar-refractivity contribution in [3.63, 3.8) is 0 Å². The summed E-state index contributed by atoms with van der Waals surface area (Å²) in [5.41, 5.74) is 6.39. The third-order valence-electron chi connectivity index (χ3n) is 5.87. The van der Waals surface area contributed by atoms with Gasteiger partial charge in [0, 0.05) is 32.9 Å². The fourth-order valence-electron chi connectivity index (χ4n) is 4.10. The number of aromatic nitrogens is 5. The molecule has 0 radical (unpaired) electrons. The molecular weight excluding hydrogens is 500 g/mol. The summed E-state index contributed by atoms with van der Waals surface area (Å²) in [6.45, 7) is 3.26. The lowest BCUT2D eigenvalue weighted by Crippen LogP contribution is -2.27. The van der Waals surface area contributed by atoms with E-state index in [0.29, 0.717) is 35.9 Å². The van der Waals surface area contributed by atoms with Gasteiger partial charge in [-0.25, -0.2) is 28.1 Å². The third kappa shape index (κ3) is 4.65. The lowest BCUT2D eigenvalue weighted by atomic mass is 10.2. The minimum absolute atomic E-state index is 0.188. The van der Waals surface area contributed by atoms with Crippen molar-refractivity contribution in [2.75, 3.05) is 34.0 Å². The van der Waals surface area contributed by atoms with Gasteiger partial charge in [0.2, 0.25) is 10.0 Å². The van der Waals surface area contributed by atoms with Crippen molar-refractivity contribution >= 4 is 42.6 Å². The van der Waals surface area contributed by atoms with Gasteiger partial charge in [-0.1, -0.05) is 0 Å². The Kier molecular flexibility index (Phi) is 6.86. The van der Waals surface area contributed by atoms with Crippen LogP contribution in [0.2, 0.25) is 0 Å². The molecule has 0 aliphatic heterocycles. The van der Waals surface area contributed by atoms with E-state index in [0.717, 1.165) is 27.0 Å². The van der Waals surface area contributed by atoms with Gasteiger partial charge >= 0.3 is 0 Å². The van der Waals surface area contributed by atoms with Crippen LogP contribution in [0.3, 0.4) is 0 Å². The number of aryl methyl sites for hydroxylation is 1. The Bertz CT molecular complexity index is 1640. The minimum Gasteiger partial charge on any atom is -0.383 e. The highest BCUT2D eigenvalue weighted by Gasteiger charge is 2.22. The number of sulfonamides is 1. The second kappa shape index (κ2) is 10.1. The molecule has 3 heterocycles. The first-order valence-corrected chi connectivity index (χ1v) is 13.6. The van der Waals surface area contributed by atoms with Gasteiger partial charge in [-0.05, 0) is 42.8 Å². The molecule has 2 N–H and O–H groups in total. The van der Waals surface area contributed by atoms with Gasteiger partial charge in [0.1, 0.15) is 11.5 Å². The van der Waals surface area contributed by atoms with E-state index in [4.69, 9.17) is 14.5 Å². The number of hydrogen-bond acceptors (Lipinski definition) is 8. The summed E-state index contributed by atoms with van der Waals surface area (Å²) in [5, 5.41) is 0. The summed E-state index contributed by atoms with van der Waals surface area (Å²) in [6.07, 6.45) is 1.74. The van der Waals surface area contributed by atoms with Gasteiger partial charge in [0.05, 0.1) is 51.1 Å². The Morgan fingerprint density at radius 2 is 1.92 bits per heavy atom. The molecule has 0 atom stereocenters. The number of fused-ring (bicyclic) bond motifs is 2. The first-order chi connectivity index (χ1) is 17.4. The molecule has 0 aliphatic carbocycles. The van der Waals surface area contributed by atoms with E-state index in [1.165, 1.54) is 7.11 Å². The number of methoxy groups -OCH3 is 2. The van der Waals surface area contributed by atoms with Crippen LogP contribution in [-0.2, 0) is 26.0 Å². The van der Waals surface area contributed by atoms with Gasteiger partial charge in [-0.3, -0.25) is 0 Å². The van der Waals surface area contributed by atoms with Crippen LogP contribution in [0, 0.1) is 6.92 Å².